The predicted octanol–water partition coefficient (Wildman–Crippen LogP) is 4.88. The average molecular weight is 373 g/mol. The molecule has 140 valence electrons. The van der Waals surface area contributed by atoms with Gasteiger partial charge in [0.2, 0.25) is 0 Å². The van der Waals surface area contributed by atoms with Crippen molar-refractivity contribution in [3.8, 4) is 0 Å². The number of fused-ring (bicyclic) bond motifs is 1. The van der Waals surface area contributed by atoms with Crippen molar-refractivity contribution in [1.29, 1.82) is 0 Å². The number of anilines is 1. The maximum absolute atomic E-state index is 13.9. The van der Waals surface area contributed by atoms with Gasteiger partial charge in [0.15, 0.2) is 0 Å². The number of hydrogen-bond acceptors (Lipinski definition) is 2. The number of nitrogens with zero attached hydrogens (tertiary/aromatic N) is 3. The standard InChI is InChI=1S/C23H20FN3O/c1-2-20-22(27-16-18(24)13-14-21(27)25-20)23(28)26(19-11-7-4-8-12-19)15-17-9-5-3-6-10-17/h3-14,16H,2,15H2,1H3. The van der Waals surface area contributed by atoms with Crippen LogP contribution in [-0.4, -0.2) is 15.3 Å². The Morgan fingerprint density at radius 2 is 1.68 bits per heavy atom. The number of hydrogen-bond donors (Lipinski definition) is 0. The number of benzene rings is 2. The first-order chi connectivity index (χ1) is 13.7. The van der Waals surface area contributed by atoms with Crippen LogP contribution >= 0.6 is 0 Å². The molecule has 2 aromatic heterocycles. The molecular formula is C23H20FN3O. The van der Waals surface area contributed by atoms with E-state index in [1.807, 2.05) is 67.6 Å². The van der Waals surface area contributed by atoms with Crippen LogP contribution in [0.15, 0.2) is 79.0 Å². The Hall–Kier alpha value is -3.47. The largest absolute Gasteiger partial charge is 0.303 e. The minimum atomic E-state index is -0.407. The van der Waals surface area contributed by atoms with E-state index in [1.54, 1.807) is 15.4 Å². The highest BCUT2D eigenvalue weighted by Gasteiger charge is 2.25. The van der Waals surface area contributed by atoms with Gasteiger partial charge in [-0.15, -0.1) is 0 Å². The number of halogens is 1. The molecule has 5 heteroatoms. The van der Waals surface area contributed by atoms with Gasteiger partial charge in [0.05, 0.1) is 12.2 Å². The average Bonchev–Trinajstić information content (AvgIpc) is 3.10. The van der Waals surface area contributed by atoms with Crippen LogP contribution in [0.4, 0.5) is 10.1 Å². The van der Waals surface area contributed by atoms with Crippen molar-refractivity contribution in [2.75, 3.05) is 4.90 Å². The number of carbonyl (C=O) groups is 1. The van der Waals surface area contributed by atoms with Crippen LogP contribution in [0.3, 0.4) is 0 Å². The summed E-state index contributed by atoms with van der Waals surface area (Å²) in [5.74, 6) is -0.610. The van der Waals surface area contributed by atoms with Crippen LogP contribution in [0.2, 0.25) is 0 Å². The van der Waals surface area contributed by atoms with Gasteiger partial charge in [0, 0.05) is 11.9 Å². The van der Waals surface area contributed by atoms with E-state index in [0.29, 0.717) is 30.0 Å². The van der Waals surface area contributed by atoms with Crippen LogP contribution in [0.25, 0.3) is 5.65 Å². The van der Waals surface area contributed by atoms with Gasteiger partial charge in [0.25, 0.3) is 5.91 Å². The van der Waals surface area contributed by atoms with Gasteiger partial charge in [-0.05, 0) is 36.2 Å². The van der Waals surface area contributed by atoms with Crippen LogP contribution in [0.5, 0.6) is 0 Å². The SMILES string of the molecule is CCc1nc2ccc(F)cn2c1C(=O)N(Cc1ccccc1)c1ccccc1. The summed E-state index contributed by atoms with van der Waals surface area (Å²) in [6.07, 6.45) is 1.90. The van der Waals surface area contributed by atoms with Gasteiger partial charge in [-0.3, -0.25) is 9.20 Å². The molecule has 4 nitrogen and oxygen atoms in total. The van der Waals surface area contributed by atoms with Gasteiger partial charge < -0.3 is 4.90 Å². The first-order valence-corrected chi connectivity index (χ1v) is 9.24. The minimum Gasteiger partial charge on any atom is -0.303 e. The van der Waals surface area contributed by atoms with Gasteiger partial charge in [-0.2, -0.15) is 0 Å². The van der Waals surface area contributed by atoms with Crippen molar-refractivity contribution in [2.24, 2.45) is 0 Å². The Morgan fingerprint density at radius 3 is 2.36 bits per heavy atom. The Kier molecular flexibility index (Phi) is 4.89. The third-order valence-electron chi connectivity index (χ3n) is 4.69. The molecule has 0 saturated carbocycles. The summed E-state index contributed by atoms with van der Waals surface area (Å²) in [5.41, 5.74) is 3.42. The second-order valence-corrected chi connectivity index (χ2v) is 6.55. The first kappa shape index (κ1) is 17.9. The Labute approximate surface area is 162 Å². The third-order valence-corrected chi connectivity index (χ3v) is 4.69. The molecule has 4 aromatic rings. The van der Waals surface area contributed by atoms with Crippen LogP contribution in [0, 0.1) is 5.82 Å². The van der Waals surface area contributed by atoms with Crippen molar-refractivity contribution in [2.45, 2.75) is 19.9 Å². The second kappa shape index (κ2) is 7.64. The molecule has 1 amide bonds. The van der Waals surface area contributed by atoms with Gasteiger partial charge in [0.1, 0.15) is 17.2 Å². The minimum absolute atomic E-state index is 0.204. The first-order valence-electron chi connectivity index (χ1n) is 9.24. The molecule has 0 radical (unpaired) electrons. The summed E-state index contributed by atoms with van der Waals surface area (Å²) < 4.78 is 15.4. The molecule has 2 aromatic carbocycles. The van der Waals surface area contributed by atoms with E-state index in [4.69, 9.17) is 0 Å². The lowest BCUT2D eigenvalue weighted by atomic mass is 10.1. The maximum atomic E-state index is 13.9. The van der Waals surface area contributed by atoms with Crippen molar-refractivity contribution >= 4 is 17.2 Å². The van der Waals surface area contributed by atoms with E-state index in [1.165, 1.54) is 12.3 Å². The highest BCUT2D eigenvalue weighted by molar-refractivity contribution is 6.06. The lowest BCUT2D eigenvalue weighted by molar-refractivity contribution is 0.0978. The number of aromatic nitrogens is 2. The summed E-state index contributed by atoms with van der Waals surface area (Å²) in [6.45, 7) is 2.36. The Bertz CT molecular complexity index is 1110. The van der Waals surface area contributed by atoms with Crippen LogP contribution < -0.4 is 4.90 Å². The fourth-order valence-electron chi connectivity index (χ4n) is 3.32. The van der Waals surface area contributed by atoms with E-state index in [9.17, 15) is 9.18 Å². The van der Waals surface area contributed by atoms with Crippen molar-refractivity contribution in [1.82, 2.24) is 9.38 Å². The summed E-state index contributed by atoms with van der Waals surface area (Å²) in [4.78, 5) is 19.9. The molecular weight excluding hydrogens is 353 g/mol. The highest BCUT2D eigenvalue weighted by atomic mass is 19.1. The van der Waals surface area contributed by atoms with E-state index < -0.39 is 5.82 Å². The molecule has 0 aliphatic heterocycles. The van der Waals surface area contributed by atoms with E-state index in [2.05, 4.69) is 4.98 Å². The molecule has 0 spiro atoms. The van der Waals surface area contributed by atoms with Crippen molar-refractivity contribution in [3.05, 3.63) is 102 Å². The van der Waals surface area contributed by atoms with Gasteiger partial charge in [-0.1, -0.05) is 55.5 Å². The fraction of sp³-hybridized carbons (Fsp3) is 0.130. The zero-order valence-electron chi connectivity index (χ0n) is 15.5. The predicted molar refractivity (Wildman–Crippen MR) is 108 cm³/mol. The van der Waals surface area contributed by atoms with E-state index in [0.717, 1.165) is 11.3 Å². The third kappa shape index (κ3) is 3.39. The molecule has 0 unspecified atom stereocenters. The molecule has 2 heterocycles. The second-order valence-electron chi connectivity index (χ2n) is 6.55. The molecule has 0 saturated heterocycles. The number of imidazole rings is 1. The number of amides is 1. The zero-order valence-corrected chi connectivity index (χ0v) is 15.5. The molecule has 0 aliphatic rings. The Morgan fingerprint density at radius 1 is 1.00 bits per heavy atom. The smallest absolute Gasteiger partial charge is 0.277 e. The van der Waals surface area contributed by atoms with Crippen molar-refractivity contribution < 1.29 is 9.18 Å². The van der Waals surface area contributed by atoms with E-state index in [-0.39, 0.29) is 5.91 Å². The van der Waals surface area contributed by atoms with Gasteiger partial charge in [-0.25, -0.2) is 9.37 Å². The molecule has 0 atom stereocenters. The zero-order chi connectivity index (χ0) is 19.5. The summed E-state index contributed by atoms with van der Waals surface area (Å²) in [6, 6.07) is 22.3. The Balaban J connectivity index is 1.84. The quantitative estimate of drug-likeness (QED) is 0.500. The lowest BCUT2D eigenvalue weighted by Crippen LogP contribution is -2.32. The maximum Gasteiger partial charge on any atom is 0.277 e. The molecule has 0 fully saturated rings. The number of para-hydroxylation sites is 1. The van der Waals surface area contributed by atoms with Crippen LogP contribution in [0.1, 0.15) is 28.7 Å². The molecule has 0 N–H and O–H groups in total. The monoisotopic (exact) mass is 373 g/mol. The summed E-state index contributed by atoms with van der Waals surface area (Å²) in [5, 5.41) is 0. The highest BCUT2D eigenvalue weighted by Crippen LogP contribution is 2.23. The number of aryl methyl sites for hydroxylation is 1. The fourth-order valence-corrected chi connectivity index (χ4v) is 3.32. The van der Waals surface area contributed by atoms with Crippen molar-refractivity contribution in [3.63, 3.8) is 0 Å². The van der Waals surface area contributed by atoms with Crippen LogP contribution in [-0.2, 0) is 13.0 Å². The summed E-state index contributed by atoms with van der Waals surface area (Å²) in [7, 11) is 0. The molecule has 4 rings (SSSR count). The lowest BCUT2D eigenvalue weighted by Gasteiger charge is -2.23. The summed E-state index contributed by atoms with van der Waals surface area (Å²) >= 11 is 0. The molecule has 0 bridgehead atoms. The van der Waals surface area contributed by atoms with E-state index >= 15 is 0 Å². The number of pyridine rings is 1. The number of rotatable bonds is 5. The molecule has 0 aliphatic carbocycles. The van der Waals surface area contributed by atoms with Gasteiger partial charge >= 0.3 is 0 Å². The topological polar surface area (TPSA) is 37.6 Å². The molecule has 28 heavy (non-hydrogen) atoms. The number of carbonyl (C=O) groups excluding carboxylic acids is 1. The normalized spacial score (nSPS) is 10.9.